The van der Waals surface area contributed by atoms with Crippen LogP contribution in [0.5, 0.6) is 0 Å². The summed E-state index contributed by atoms with van der Waals surface area (Å²) in [6.45, 7) is 2.64. The van der Waals surface area contributed by atoms with Gasteiger partial charge in [-0.25, -0.2) is 0 Å². The van der Waals surface area contributed by atoms with Crippen molar-refractivity contribution in [3.05, 3.63) is 70.2 Å². The minimum absolute atomic E-state index is 0.693. The normalized spacial score (nSPS) is 23.1. The average Bonchev–Trinajstić information content (AvgIpc) is 2.48. The van der Waals surface area contributed by atoms with Crippen LogP contribution in [0.4, 0.5) is 0 Å². The molecule has 0 saturated carbocycles. The van der Waals surface area contributed by atoms with Gasteiger partial charge in [-0.05, 0) is 42.6 Å². The van der Waals surface area contributed by atoms with E-state index < -0.39 is 5.60 Å². The fourth-order valence-corrected chi connectivity index (χ4v) is 3.51. The number of halogens is 1. The van der Waals surface area contributed by atoms with Crippen molar-refractivity contribution in [3.8, 4) is 0 Å². The quantitative estimate of drug-likeness (QED) is 0.910. The first-order valence-corrected chi connectivity index (χ1v) is 8.20. The zero-order valence-corrected chi connectivity index (χ0v) is 13.6. The Morgan fingerprint density at radius 2 is 1.90 bits per heavy atom. The summed E-state index contributed by atoms with van der Waals surface area (Å²) in [7, 11) is 0. The Morgan fingerprint density at radius 3 is 2.67 bits per heavy atom. The molecule has 1 unspecified atom stereocenters. The van der Waals surface area contributed by atoms with Crippen LogP contribution in [-0.2, 0) is 12.1 Å². The number of rotatable bonds is 3. The highest BCUT2D eigenvalue weighted by Gasteiger charge is 2.34. The Balaban J connectivity index is 1.76. The monoisotopic (exact) mass is 345 g/mol. The van der Waals surface area contributed by atoms with E-state index in [2.05, 4.69) is 45.1 Å². The summed E-state index contributed by atoms with van der Waals surface area (Å²) < 4.78 is 1.02. The summed E-state index contributed by atoms with van der Waals surface area (Å²) in [6, 6.07) is 18.5. The Bertz CT molecular complexity index is 601. The molecule has 2 nitrogen and oxygen atoms in total. The van der Waals surface area contributed by atoms with Gasteiger partial charge in [-0.15, -0.1) is 0 Å². The van der Waals surface area contributed by atoms with Gasteiger partial charge in [0.05, 0.1) is 0 Å². The van der Waals surface area contributed by atoms with E-state index in [0.717, 1.165) is 36.0 Å². The molecule has 0 radical (unpaired) electrons. The van der Waals surface area contributed by atoms with Gasteiger partial charge in [0, 0.05) is 17.6 Å². The molecule has 1 fully saturated rings. The fraction of sp³-hybridized carbons (Fsp3) is 0.333. The minimum Gasteiger partial charge on any atom is -0.384 e. The smallest absolute Gasteiger partial charge is 0.102 e. The zero-order chi connectivity index (χ0) is 14.7. The molecule has 2 aromatic rings. The molecule has 1 heterocycles. The molecule has 3 rings (SSSR count). The zero-order valence-electron chi connectivity index (χ0n) is 12.0. The number of likely N-dealkylation sites (tertiary alicyclic amines) is 1. The van der Waals surface area contributed by atoms with Crippen LogP contribution in [0, 0.1) is 0 Å². The van der Waals surface area contributed by atoms with Crippen molar-refractivity contribution in [1.29, 1.82) is 0 Å². The molecule has 0 spiro atoms. The van der Waals surface area contributed by atoms with Crippen LogP contribution in [0.15, 0.2) is 59.1 Å². The molecule has 1 aliphatic rings. The first-order valence-electron chi connectivity index (χ1n) is 7.40. The van der Waals surface area contributed by atoms with E-state index >= 15 is 0 Å². The van der Waals surface area contributed by atoms with Gasteiger partial charge in [-0.1, -0.05) is 58.4 Å². The van der Waals surface area contributed by atoms with Gasteiger partial charge >= 0.3 is 0 Å². The number of β-amino-alcohol motifs (C(OH)–C–C–N with tert-alkyl or cyclic N) is 1. The van der Waals surface area contributed by atoms with Crippen LogP contribution in [0.2, 0.25) is 0 Å². The Hall–Kier alpha value is -1.16. The van der Waals surface area contributed by atoms with Gasteiger partial charge in [0.25, 0.3) is 0 Å². The minimum atomic E-state index is -0.739. The van der Waals surface area contributed by atoms with E-state index in [4.69, 9.17) is 0 Å². The predicted molar refractivity (Wildman–Crippen MR) is 89.0 cm³/mol. The Morgan fingerprint density at radius 1 is 1.10 bits per heavy atom. The maximum absolute atomic E-state index is 11.1. The molecule has 2 aromatic carbocycles. The third kappa shape index (κ3) is 3.54. The molecule has 0 bridgehead atoms. The van der Waals surface area contributed by atoms with E-state index in [1.807, 2.05) is 30.3 Å². The number of benzene rings is 2. The highest BCUT2D eigenvalue weighted by Crippen LogP contribution is 2.33. The van der Waals surface area contributed by atoms with Crippen LogP contribution in [-0.4, -0.2) is 23.1 Å². The van der Waals surface area contributed by atoms with Crippen molar-refractivity contribution in [2.75, 3.05) is 13.1 Å². The van der Waals surface area contributed by atoms with E-state index in [1.54, 1.807) is 0 Å². The van der Waals surface area contributed by atoms with Crippen molar-refractivity contribution in [2.45, 2.75) is 25.0 Å². The summed E-state index contributed by atoms with van der Waals surface area (Å²) in [5, 5.41) is 11.1. The van der Waals surface area contributed by atoms with Crippen LogP contribution in [0.25, 0.3) is 0 Å². The number of nitrogens with zero attached hydrogens (tertiary/aromatic N) is 1. The van der Waals surface area contributed by atoms with Gasteiger partial charge < -0.3 is 5.11 Å². The largest absolute Gasteiger partial charge is 0.384 e. The SMILES string of the molecule is OC1(c2cccc(Br)c2)CCCN(Cc2ccccc2)C1. The topological polar surface area (TPSA) is 23.5 Å². The van der Waals surface area contributed by atoms with Crippen LogP contribution in [0.1, 0.15) is 24.0 Å². The number of hydrogen-bond acceptors (Lipinski definition) is 2. The summed E-state index contributed by atoms with van der Waals surface area (Å²) in [5.74, 6) is 0. The van der Waals surface area contributed by atoms with Gasteiger partial charge in [0.2, 0.25) is 0 Å². The summed E-state index contributed by atoms with van der Waals surface area (Å²) in [6.07, 6.45) is 1.85. The van der Waals surface area contributed by atoms with Crippen molar-refractivity contribution < 1.29 is 5.11 Å². The van der Waals surface area contributed by atoms with Gasteiger partial charge in [-0.3, -0.25) is 4.90 Å². The maximum Gasteiger partial charge on any atom is 0.102 e. The highest BCUT2D eigenvalue weighted by molar-refractivity contribution is 9.10. The van der Waals surface area contributed by atoms with Gasteiger partial charge in [0.1, 0.15) is 5.60 Å². The van der Waals surface area contributed by atoms with Crippen molar-refractivity contribution >= 4 is 15.9 Å². The molecule has 1 aliphatic heterocycles. The third-order valence-electron chi connectivity index (χ3n) is 4.16. The molecule has 21 heavy (non-hydrogen) atoms. The lowest BCUT2D eigenvalue weighted by atomic mass is 9.85. The lowest BCUT2D eigenvalue weighted by Gasteiger charge is -2.39. The van der Waals surface area contributed by atoms with Crippen LogP contribution in [0.3, 0.4) is 0 Å². The molecule has 1 saturated heterocycles. The maximum atomic E-state index is 11.1. The molecule has 0 aromatic heterocycles. The van der Waals surface area contributed by atoms with E-state index in [-0.39, 0.29) is 0 Å². The summed E-state index contributed by atoms with van der Waals surface area (Å²) in [4.78, 5) is 2.35. The average molecular weight is 346 g/mol. The second-order valence-electron chi connectivity index (χ2n) is 5.84. The summed E-state index contributed by atoms with van der Waals surface area (Å²) >= 11 is 3.50. The predicted octanol–water partition coefficient (Wildman–Crippen LogP) is 3.93. The Labute approximate surface area is 134 Å². The molecule has 3 heteroatoms. The first-order chi connectivity index (χ1) is 10.2. The number of hydrogen-bond donors (Lipinski definition) is 1. The summed E-state index contributed by atoms with van der Waals surface area (Å²) in [5.41, 5.74) is 1.57. The van der Waals surface area contributed by atoms with Crippen molar-refractivity contribution in [3.63, 3.8) is 0 Å². The van der Waals surface area contributed by atoms with Crippen molar-refractivity contribution in [2.24, 2.45) is 0 Å². The number of piperidine rings is 1. The molecule has 0 aliphatic carbocycles. The first kappa shape index (κ1) is 14.8. The highest BCUT2D eigenvalue weighted by atomic mass is 79.9. The third-order valence-corrected chi connectivity index (χ3v) is 4.65. The lowest BCUT2D eigenvalue weighted by molar-refractivity contribution is -0.0381. The molecular weight excluding hydrogens is 326 g/mol. The standard InChI is InChI=1S/C18H20BrNO/c19-17-9-4-8-16(12-17)18(21)10-5-11-20(14-18)13-15-6-2-1-3-7-15/h1-4,6-9,12,21H,5,10-11,13-14H2. The Kier molecular flexibility index (Phi) is 4.43. The number of aliphatic hydroxyl groups is 1. The molecular formula is C18H20BrNO. The van der Waals surface area contributed by atoms with Crippen LogP contribution < -0.4 is 0 Å². The van der Waals surface area contributed by atoms with Crippen molar-refractivity contribution in [1.82, 2.24) is 4.90 Å². The second-order valence-corrected chi connectivity index (χ2v) is 6.76. The molecule has 1 atom stereocenters. The molecule has 1 N–H and O–H groups in total. The molecule has 110 valence electrons. The molecule has 0 amide bonds. The fourth-order valence-electron chi connectivity index (χ4n) is 3.11. The van der Waals surface area contributed by atoms with Gasteiger partial charge in [0.15, 0.2) is 0 Å². The van der Waals surface area contributed by atoms with E-state index in [9.17, 15) is 5.11 Å². The van der Waals surface area contributed by atoms with Crippen LogP contribution >= 0.6 is 15.9 Å². The second kappa shape index (κ2) is 6.30. The van der Waals surface area contributed by atoms with E-state index in [0.29, 0.717) is 6.54 Å². The van der Waals surface area contributed by atoms with E-state index in [1.165, 1.54) is 5.56 Å². The van der Waals surface area contributed by atoms with Gasteiger partial charge in [-0.2, -0.15) is 0 Å². The lowest BCUT2D eigenvalue weighted by Crippen LogP contribution is -2.45.